The average Bonchev–Trinajstić information content (AvgIpc) is 2.77. The molecule has 0 unspecified atom stereocenters. The Morgan fingerprint density at radius 3 is 3.29 bits per heavy atom. The van der Waals surface area contributed by atoms with Gasteiger partial charge in [0.05, 0.1) is 10.5 Å². The molecular formula is C11H13BrN4O. The molecule has 0 spiro atoms. The Bertz CT molecular complexity index is 446. The van der Waals surface area contributed by atoms with Crippen LogP contribution in [0.4, 0.5) is 5.82 Å². The van der Waals surface area contributed by atoms with Gasteiger partial charge in [-0.2, -0.15) is 5.26 Å². The zero-order valence-electron chi connectivity index (χ0n) is 9.27. The van der Waals surface area contributed by atoms with E-state index in [4.69, 9.17) is 15.7 Å². The van der Waals surface area contributed by atoms with Gasteiger partial charge in [0.15, 0.2) is 6.19 Å². The second-order valence-corrected chi connectivity index (χ2v) is 4.79. The lowest BCUT2D eigenvalue weighted by molar-refractivity contribution is 0.218. The minimum absolute atomic E-state index is 0.168. The Balaban J connectivity index is 1.98. The molecule has 1 saturated heterocycles. The summed E-state index contributed by atoms with van der Waals surface area (Å²) in [6.45, 7) is 1.32. The first kappa shape index (κ1) is 12.0. The molecule has 0 aliphatic carbocycles. The smallest absolute Gasteiger partial charge is 0.179 e. The zero-order valence-corrected chi connectivity index (χ0v) is 10.9. The molecule has 6 heteroatoms. The first-order valence-corrected chi connectivity index (χ1v) is 6.20. The summed E-state index contributed by atoms with van der Waals surface area (Å²) in [7, 11) is 0. The molecule has 0 amide bonds. The summed E-state index contributed by atoms with van der Waals surface area (Å²) in [5.41, 5.74) is 5.59. The van der Waals surface area contributed by atoms with Crippen LogP contribution in [0.3, 0.4) is 0 Å². The predicted octanol–water partition coefficient (Wildman–Crippen LogP) is 1.75. The number of nitrogens with zero attached hydrogens (tertiary/aromatic N) is 3. The van der Waals surface area contributed by atoms with Gasteiger partial charge in [0.25, 0.3) is 0 Å². The maximum atomic E-state index is 8.91. The standard InChI is InChI=1S/C11H13BrN4O/c12-9-5-15-11(14)4-10(9)17-6-8-2-1-3-16(8)7-13/h4-5,8H,1-3,6H2,(H2,14,15)/t8-/m0/s1. The van der Waals surface area contributed by atoms with Crippen LogP contribution < -0.4 is 10.5 Å². The van der Waals surface area contributed by atoms with E-state index >= 15 is 0 Å². The van der Waals surface area contributed by atoms with Gasteiger partial charge >= 0.3 is 0 Å². The molecule has 1 aromatic heterocycles. The van der Waals surface area contributed by atoms with E-state index in [1.54, 1.807) is 17.2 Å². The Morgan fingerprint density at radius 2 is 2.53 bits per heavy atom. The molecule has 17 heavy (non-hydrogen) atoms. The molecule has 2 N–H and O–H groups in total. The first-order chi connectivity index (χ1) is 8.20. The van der Waals surface area contributed by atoms with Crippen LogP contribution in [0.15, 0.2) is 16.7 Å². The summed E-state index contributed by atoms with van der Waals surface area (Å²) >= 11 is 3.35. The number of nitrogen functional groups attached to an aromatic ring is 1. The zero-order chi connectivity index (χ0) is 12.3. The van der Waals surface area contributed by atoms with Gasteiger partial charge in [-0.3, -0.25) is 0 Å². The fraction of sp³-hybridized carbons (Fsp3) is 0.455. The van der Waals surface area contributed by atoms with Crippen molar-refractivity contribution in [3.8, 4) is 11.9 Å². The van der Waals surface area contributed by atoms with E-state index in [2.05, 4.69) is 27.1 Å². The van der Waals surface area contributed by atoms with Crippen molar-refractivity contribution in [1.82, 2.24) is 9.88 Å². The minimum atomic E-state index is 0.168. The van der Waals surface area contributed by atoms with E-state index in [0.29, 0.717) is 18.2 Å². The monoisotopic (exact) mass is 296 g/mol. The summed E-state index contributed by atoms with van der Waals surface area (Å²) in [5, 5.41) is 8.91. The summed E-state index contributed by atoms with van der Waals surface area (Å²) in [6, 6.07) is 1.84. The van der Waals surface area contributed by atoms with Crippen molar-refractivity contribution in [2.75, 3.05) is 18.9 Å². The highest BCUT2D eigenvalue weighted by Gasteiger charge is 2.24. The van der Waals surface area contributed by atoms with Crippen LogP contribution in [-0.4, -0.2) is 29.1 Å². The number of hydrogen-bond donors (Lipinski definition) is 1. The third-order valence-corrected chi connectivity index (χ3v) is 3.37. The second-order valence-electron chi connectivity index (χ2n) is 3.94. The van der Waals surface area contributed by atoms with Crippen molar-refractivity contribution in [1.29, 1.82) is 5.26 Å². The van der Waals surface area contributed by atoms with Crippen LogP contribution in [-0.2, 0) is 0 Å². The topological polar surface area (TPSA) is 75.2 Å². The van der Waals surface area contributed by atoms with Crippen LogP contribution in [0.2, 0.25) is 0 Å². The number of nitriles is 1. The number of nitrogens with two attached hydrogens (primary N) is 1. The summed E-state index contributed by atoms with van der Waals surface area (Å²) in [5.74, 6) is 1.09. The van der Waals surface area contributed by atoms with Gasteiger partial charge in [-0.25, -0.2) is 4.98 Å². The van der Waals surface area contributed by atoms with Gasteiger partial charge in [0.2, 0.25) is 0 Å². The highest BCUT2D eigenvalue weighted by atomic mass is 79.9. The fourth-order valence-corrected chi connectivity index (χ4v) is 2.20. The molecule has 1 fully saturated rings. The molecule has 90 valence electrons. The highest BCUT2D eigenvalue weighted by Crippen LogP contribution is 2.26. The van der Waals surface area contributed by atoms with E-state index < -0.39 is 0 Å². The number of halogens is 1. The third-order valence-electron chi connectivity index (χ3n) is 2.78. The predicted molar refractivity (Wildman–Crippen MR) is 67.2 cm³/mol. The summed E-state index contributed by atoms with van der Waals surface area (Å²) in [6.07, 6.45) is 5.83. The normalized spacial score (nSPS) is 19.1. The Labute approximate surface area is 108 Å². The van der Waals surface area contributed by atoms with Crippen molar-refractivity contribution in [2.45, 2.75) is 18.9 Å². The van der Waals surface area contributed by atoms with E-state index in [1.165, 1.54) is 0 Å². The average molecular weight is 297 g/mol. The van der Waals surface area contributed by atoms with Gasteiger partial charge in [0.1, 0.15) is 18.2 Å². The number of likely N-dealkylation sites (tertiary alicyclic amines) is 1. The van der Waals surface area contributed by atoms with Crippen molar-refractivity contribution < 1.29 is 4.74 Å². The molecule has 1 aromatic rings. The number of hydrogen-bond acceptors (Lipinski definition) is 5. The minimum Gasteiger partial charge on any atom is -0.490 e. The largest absolute Gasteiger partial charge is 0.490 e. The van der Waals surface area contributed by atoms with Gasteiger partial charge < -0.3 is 15.4 Å². The Hall–Kier alpha value is -1.48. The van der Waals surface area contributed by atoms with Crippen LogP contribution in [0.5, 0.6) is 5.75 Å². The molecule has 5 nitrogen and oxygen atoms in total. The number of pyridine rings is 1. The van der Waals surface area contributed by atoms with Crippen molar-refractivity contribution in [2.24, 2.45) is 0 Å². The lowest BCUT2D eigenvalue weighted by Gasteiger charge is -2.19. The fourth-order valence-electron chi connectivity index (χ4n) is 1.87. The SMILES string of the molecule is N#CN1CCC[C@H]1COc1cc(N)ncc1Br. The summed E-state index contributed by atoms with van der Waals surface area (Å²) in [4.78, 5) is 5.70. The van der Waals surface area contributed by atoms with Crippen molar-refractivity contribution in [3.63, 3.8) is 0 Å². The quantitative estimate of drug-likeness (QED) is 0.860. The second kappa shape index (κ2) is 5.23. The van der Waals surface area contributed by atoms with Crippen LogP contribution in [0.1, 0.15) is 12.8 Å². The number of ether oxygens (including phenoxy) is 1. The molecule has 0 aromatic carbocycles. The molecule has 0 saturated carbocycles. The van der Waals surface area contributed by atoms with Gasteiger partial charge in [-0.1, -0.05) is 0 Å². The Morgan fingerprint density at radius 1 is 1.71 bits per heavy atom. The van der Waals surface area contributed by atoms with Crippen molar-refractivity contribution >= 4 is 21.7 Å². The Kier molecular flexibility index (Phi) is 3.69. The van der Waals surface area contributed by atoms with Gasteiger partial charge in [-0.05, 0) is 28.8 Å². The van der Waals surface area contributed by atoms with E-state index in [1.807, 2.05) is 0 Å². The maximum Gasteiger partial charge on any atom is 0.179 e. The highest BCUT2D eigenvalue weighted by molar-refractivity contribution is 9.10. The van der Waals surface area contributed by atoms with E-state index in [-0.39, 0.29) is 6.04 Å². The van der Waals surface area contributed by atoms with E-state index in [0.717, 1.165) is 23.9 Å². The number of rotatable bonds is 3. The molecule has 0 bridgehead atoms. The maximum absolute atomic E-state index is 8.91. The van der Waals surface area contributed by atoms with Crippen LogP contribution >= 0.6 is 15.9 Å². The molecule has 1 aliphatic rings. The van der Waals surface area contributed by atoms with Crippen molar-refractivity contribution in [3.05, 3.63) is 16.7 Å². The lowest BCUT2D eigenvalue weighted by Crippen LogP contribution is -2.30. The number of anilines is 1. The molecule has 1 aliphatic heterocycles. The molecular weight excluding hydrogens is 284 g/mol. The van der Waals surface area contributed by atoms with Crippen LogP contribution in [0, 0.1) is 11.5 Å². The van der Waals surface area contributed by atoms with Gasteiger partial charge in [0, 0.05) is 18.8 Å². The molecule has 0 radical (unpaired) electrons. The summed E-state index contributed by atoms with van der Waals surface area (Å²) < 4.78 is 6.45. The number of aromatic nitrogens is 1. The van der Waals surface area contributed by atoms with Gasteiger partial charge in [-0.15, -0.1) is 0 Å². The van der Waals surface area contributed by atoms with E-state index in [9.17, 15) is 0 Å². The molecule has 1 atom stereocenters. The molecule has 2 heterocycles. The first-order valence-electron chi connectivity index (χ1n) is 5.41. The third kappa shape index (κ3) is 2.80. The lowest BCUT2D eigenvalue weighted by atomic mass is 10.2. The molecule has 2 rings (SSSR count). The van der Waals surface area contributed by atoms with Crippen LogP contribution in [0.25, 0.3) is 0 Å².